The van der Waals surface area contributed by atoms with Crippen LogP contribution in [0.2, 0.25) is 0 Å². The Labute approximate surface area is 149 Å². The maximum absolute atomic E-state index is 14.2. The summed E-state index contributed by atoms with van der Waals surface area (Å²) in [4.78, 5) is 14.4. The first-order valence-corrected chi connectivity index (χ1v) is 9.27. The fraction of sp³-hybridized carbons (Fsp3) is 0.632. The van der Waals surface area contributed by atoms with Gasteiger partial charge >= 0.3 is 0 Å². The zero-order chi connectivity index (χ0) is 18.8. The number of carbonyl (C=O) groups excluding carboxylic acids is 1. The first-order valence-electron chi connectivity index (χ1n) is 9.27. The lowest BCUT2D eigenvalue weighted by atomic mass is 9.88. The Morgan fingerprint density at radius 3 is 1.35 bits per heavy atom. The van der Waals surface area contributed by atoms with E-state index in [9.17, 15) is 26.7 Å². The van der Waals surface area contributed by atoms with E-state index in [1.807, 2.05) is 0 Å². The Morgan fingerprint density at radius 2 is 0.962 bits per heavy atom. The Hall–Kier alpha value is -1.66. The average Bonchev–Trinajstić information content (AvgIpc) is 2.67. The fourth-order valence-corrected chi connectivity index (χ4v) is 4.27. The Morgan fingerprint density at radius 1 is 0.615 bits per heavy atom. The molecule has 0 unspecified atom stereocenters. The van der Waals surface area contributed by atoms with Gasteiger partial charge in [-0.25, -0.2) is 22.0 Å². The van der Waals surface area contributed by atoms with Crippen molar-refractivity contribution in [3.8, 4) is 0 Å². The molecular weight excluding hydrogens is 353 g/mol. The van der Waals surface area contributed by atoms with Gasteiger partial charge in [0, 0.05) is 12.1 Å². The zero-order valence-electron chi connectivity index (χ0n) is 14.5. The minimum absolute atomic E-state index is 0.214. The van der Waals surface area contributed by atoms with E-state index in [2.05, 4.69) is 0 Å². The topological polar surface area (TPSA) is 20.3 Å². The van der Waals surface area contributed by atoms with Crippen molar-refractivity contribution < 1.29 is 26.7 Å². The van der Waals surface area contributed by atoms with E-state index in [0.29, 0.717) is 25.7 Å². The van der Waals surface area contributed by atoms with E-state index < -0.39 is 40.6 Å². The quantitative estimate of drug-likeness (QED) is 0.389. The second-order valence-corrected chi connectivity index (χ2v) is 7.24. The molecule has 2 aliphatic carbocycles. The number of hydrogen-bond donors (Lipinski definition) is 0. The number of benzene rings is 1. The van der Waals surface area contributed by atoms with Crippen LogP contribution in [0.1, 0.15) is 74.6 Å². The molecule has 1 amide bonds. The summed E-state index contributed by atoms with van der Waals surface area (Å²) in [6.07, 6.45) is 8.36. The van der Waals surface area contributed by atoms with Crippen LogP contribution in [0.3, 0.4) is 0 Å². The number of halogens is 5. The van der Waals surface area contributed by atoms with E-state index in [1.54, 1.807) is 0 Å². The van der Waals surface area contributed by atoms with Gasteiger partial charge in [-0.05, 0) is 25.7 Å². The molecule has 2 aliphatic rings. The molecule has 0 bridgehead atoms. The molecule has 0 aliphatic heterocycles. The summed E-state index contributed by atoms with van der Waals surface area (Å²) < 4.78 is 68.8. The molecular formula is C19H22F5NO. The molecule has 1 aromatic rings. The van der Waals surface area contributed by atoms with E-state index in [1.165, 1.54) is 4.90 Å². The molecule has 7 heteroatoms. The molecule has 3 rings (SSSR count). The zero-order valence-corrected chi connectivity index (χ0v) is 14.5. The van der Waals surface area contributed by atoms with E-state index in [-0.39, 0.29) is 12.1 Å². The maximum atomic E-state index is 14.2. The van der Waals surface area contributed by atoms with Gasteiger partial charge in [-0.2, -0.15) is 0 Å². The Kier molecular flexibility index (Phi) is 5.82. The summed E-state index contributed by atoms with van der Waals surface area (Å²) in [6, 6.07) is -0.427. The van der Waals surface area contributed by atoms with Crippen molar-refractivity contribution in [3.05, 3.63) is 34.6 Å². The van der Waals surface area contributed by atoms with Gasteiger partial charge < -0.3 is 4.90 Å². The summed E-state index contributed by atoms with van der Waals surface area (Å²) in [6.45, 7) is 0. The summed E-state index contributed by atoms with van der Waals surface area (Å²) in [5, 5.41) is 0. The number of nitrogens with zero attached hydrogens (tertiary/aromatic N) is 1. The van der Waals surface area contributed by atoms with Crippen molar-refractivity contribution in [2.75, 3.05) is 0 Å². The van der Waals surface area contributed by atoms with Gasteiger partial charge in [0.25, 0.3) is 5.91 Å². The largest absolute Gasteiger partial charge is 0.332 e. The minimum Gasteiger partial charge on any atom is -0.332 e. The van der Waals surface area contributed by atoms with Gasteiger partial charge in [0.1, 0.15) is 5.56 Å². The lowest BCUT2D eigenvalue weighted by Crippen LogP contribution is -2.49. The van der Waals surface area contributed by atoms with Crippen LogP contribution >= 0.6 is 0 Å². The highest BCUT2D eigenvalue weighted by atomic mass is 19.2. The van der Waals surface area contributed by atoms with Crippen LogP contribution < -0.4 is 0 Å². The Bertz CT molecular complexity index is 634. The van der Waals surface area contributed by atoms with E-state index >= 15 is 0 Å². The lowest BCUT2D eigenvalue weighted by Gasteiger charge is -2.42. The maximum Gasteiger partial charge on any atom is 0.260 e. The third kappa shape index (κ3) is 3.45. The van der Waals surface area contributed by atoms with Gasteiger partial charge in [0.15, 0.2) is 23.3 Å². The van der Waals surface area contributed by atoms with Crippen LogP contribution in [0, 0.1) is 29.1 Å². The van der Waals surface area contributed by atoms with Crippen molar-refractivity contribution in [1.82, 2.24) is 4.90 Å². The number of carbonyl (C=O) groups is 1. The van der Waals surface area contributed by atoms with Crippen molar-refractivity contribution in [2.24, 2.45) is 0 Å². The molecule has 0 spiro atoms. The van der Waals surface area contributed by atoms with Crippen LogP contribution in [0.5, 0.6) is 0 Å². The van der Waals surface area contributed by atoms with E-state index in [0.717, 1.165) is 38.5 Å². The fourth-order valence-electron chi connectivity index (χ4n) is 4.27. The molecule has 0 N–H and O–H groups in total. The van der Waals surface area contributed by atoms with Gasteiger partial charge in [-0.15, -0.1) is 0 Å². The smallest absolute Gasteiger partial charge is 0.260 e. The summed E-state index contributed by atoms with van der Waals surface area (Å²) in [5.74, 6) is -11.5. The van der Waals surface area contributed by atoms with Crippen molar-refractivity contribution in [2.45, 2.75) is 76.3 Å². The van der Waals surface area contributed by atoms with Crippen molar-refractivity contribution >= 4 is 5.91 Å². The summed E-state index contributed by atoms with van der Waals surface area (Å²) >= 11 is 0. The SMILES string of the molecule is O=C(c1c(F)c(F)c(F)c(F)c1F)N(C1CCCCC1)C1CCCCC1. The molecule has 0 radical (unpaired) electrons. The first kappa shape index (κ1) is 19.1. The predicted octanol–water partition coefficient (Wildman–Crippen LogP) is 5.49. The second kappa shape index (κ2) is 7.92. The molecule has 1 aromatic carbocycles. The van der Waals surface area contributed by atoms with Gasteiger partial charge in [-0.3, -0.25) is 4.79 Å². The lowest BCUT2D eigenvalue weighted by molar-refractivity contribution is 0.0436. The normalized spacial score (nSPS) is 19.6. The Balaban J connectivity index is 2.02. The third-order valence-electron chi connectivity index (χ3n) is 5.59. The predicted molar refractivity (Wildman–Crippen MR) is 86.1 cm³/mol. The van der Waals surface area contributed by atoms with Crippen LogP contribution in [0.15, 0.2) is 0 Å². The monoisotopic (exact) mass is 375 g/mol. The molecule has 0 atom stereocenters. The number of amides is 1. The molecule has 144 valence electrons. The van der Waals surface area contributed by atoms with Crippen LogP contribution in [-0.4, -0.2) is 22.9 Å². The van der Waals surface area contributed by atoms with Gasteiger partial charge in [0.05, 0.1) is 0 Å². The molecule has 26 heavy (non-hydrogen) atoms. The van der Waals surface area contributed by atoms with Gasteiger partial charge in [0.2, 0.25) is 5.82 Å². The van der Waals surface area contributed by atoms with Crippen molar-refractivity contribution in [3.63, 3.8) is 0 Å². The highest BCUT2D eigenvalue weighted by Crippen LogP contribution is 2.33. The second-order valence-electron chi connectivity index (χ2n) is 7.24. The minimum atomic E-state index is -2.24. The summed E-state index contributed by atoms with van der Waals surface area (Å²) in [7, 11) is 0. The molecule has 2 nitrogen and oxygen atoms in total. The third-order valence-corrected chi connectivity index (χ3v) is 5.59. The number of rotatable bonds is 3. The number of hydrogen-bond acceptors (Lipinski definition) is 1. The highest BCUT2D eigenvalue weighted by molar-refractivity contribution is 5.95. The molecule has 0 saturated heterocycles. The van der Waals surface area contributed by atoms with Crippen LogP contribution in [0.4, 0.5) is 22.0 Å². The molecule has 2 fully saturated rings. The van der Waals surface area contributed by atoms with Gasteiger partial charge in [-0.1, -0.05) is 38.5 Å². The first-order chi connectivity index (χ1) is 12.4. The standard InChI is InChI=1S/C19H22F5NO/c20-14-13(15(21)17(23)18(24)16(14)22)19(26)25(11-7-3-1-4-8-11)12-9-5-2-6-10-12/h11-12H,1-10H2. The van der Waals surface area contributed by atoms with E-state index in [4.69, 9.17) is 0 Å². The molecule has 0 aromatic heterocycles. The highest BCUT2D eigenvalue weighted by Gasteiger charge is 2.38. The van der Waals surface area contributed by atoms with Crippen molar-refractivity contribution in [1.29, 1.82) is 0 Å². The van der Waals surface area contributed by atoms with Crippen LogP contribution in [0.25, 0.3) is 0 Å². The average molecular weight is 375 g/mol. The molecule has 2 saturated carbocycles. The summed E-state index contributed by atoms with van der Waals surface area (Å²) in [5.41, 5.74) is -1.32. The van der Waals surface area contributed by atoms with Crippen LogP contribution in [-0.2, 0) is 0 Å². The molecule has 0 heterocycles.